The highest BCUT2D eigenvalue weighted by molar-refractivity contribution is 7.13. The van der Waals surface area contributed by atoms with Crippen LogP contribution >= 0.6 is 11.3 Å². The Morgan fingerprint density at radius 2 is 2.12 bits per heavy atom. The molecule has 3 aromatic rings. The van der Waals surface area contributed by atoms with E-state index in [1.807, 2.05) is 12.1 Å². The number of hydrogen-bond donors (Lipinski definition) is 2. The number of carbonyl (C=O) groups excluding carboxylic acids is 1. The molecule has 0 atom stereocenters. The summed E-state index contributed by atoms with van der Waals surface area (Å²) in [5.74, 6) is 5.35. The van der Waals surface area contributed by atoms with E-state index in [0.717, 1.165) is 16.0 Å². The van der Waals surface area contributed by atoms with Gasteiger partial charge >= 0.3 is 0 Å². The number of nitrogen functional groups attached to an aromatic ring is 1. The topological polar surface area (TPSA) is 80.9 Å². The molecule has 0 saturated heterocycles. The normalized spacial score (nSPS) is 9.88. The molecule has 0 aliphatic carbocycles. The van der Waals surface area contributed by atoms with E-state index in [1.165, 1.54) is 11.3 Å². The highest BCUT2D eigenvalue weighted by Gasteiger charge is 2.11. The SMILES string of the molecule is CC#Cc1ccc(C(=O)Nc2cc(-c3cncs3)ccc2N)nc1. The predicted octanol–water partition coefficient (Wildman–Crippen LogP) is 3.41. The average molecular weight is 334 g/mol. The largest absolute Gasteiger partial charge is 0.397 e. The molecule has 3 rings (SSSR count). The van der Waals surface area contributed by atoms with E-state index in [2.05, 4.69) is 27.1 Å². The lowest BCUT2D eigenvalue weighted by Gasteiger charge is -2.09. The number of hydrogen-bond acceptors (Lipinski definition) is 5. The number of rotatable bonds is 3. The predicted molar refractivity (Wildman–Crippen MR) is 96.7 cm³/mol. The Balaban J connectivity index is 1.83. The van der Waals surface area contributed by atoms with Crippen molar-refractivity contribution in [2.75, 3.05) is 11.1 Å². The lowest BCUT2D eigenvalue weighted by Crippen LogP contribution is -2.14. The molecule has 2 aromatic heterocycles. The standard InChI is InChI=1S/C18H14N4OS/c1-2-3-12-4-7-15(21-9-12)18(23)22-16-8-13(5-6-14(16)19)17-10-20-11-24-17/h4-11H,19H2,1H3,(H,22,23). The van der Waals surface area contributed by atoms with Crippen molar-refractivity contribution < 1.29 is 4.79 Å². The zero-order chi connectivity index (χ0) is 16.9. The summed E-state index contributed by atoms with van der Waals surface area (Å²) in [6.45, 7) is 1.75. The summed E-state index contributed by atoms with van der Waals surface area (Å²) in [4.78, 5) is 21.6. The molecule has 3 N–H and O–H groups in total. The summed E-state index contributed by atoms with van der Waals surface area (Å²) in [6.07, 6.45) is 3.35. The van der Waals surface area contributed by atoms with Gasteiger partial charge in [-0.2, -0.15) is 0 Å². The fourth-order valence-electron chi connectivity index (χ4n) is 2.11. The maximum Gasteiger partial charge on any atom is 0.274 e. The Morgan fingerprint density at radius 3 is 2.79 bits per heavy atom. The van der Waals surface area contributed by atoms with Crippen LogP contribution in [0.15, 0.2) is 48.2 Å². The summed E-state index contributed by atoms with van der Waals surface area (Å²) in [6, 6.07) is 8.89. The van der Waals surface area contributed by atoms with Gasteiger partial charge in [0, 0.05) is 18.0 Å². The van der Waals surface area contributed by atoms with Gasteiger partial charge in [0.15, 0.2) is 0 Å². The van der Waals surface area contributed by atoms with Crippen molar-refractivity contribution in [2.45, 2.75) is 6.92 Å². The Morgan fingerprint density at radius 1 is 1.25 bits per heavy atom. The number of anilines is 2. The lowest BCUT2D eigenvalue weighted by molar-refractivity contribution is 0.102. The number of amides is 1. The van der Waals surface area contributed by atoms with Gasteiger partial charge in [-0.05, 0) is 36.8 Å². The van der Waals surface area contributed by atoms with E-state index in [9.17, 15) is 4.79 Å². The molecular formula is C18H14N4OS. The molecule has 0 unspecified atom stereocenters. The highest BCUT2D eigenvalue weighted by Crippen LogP contribution is 2.29. The van der Waals surface area contributed by atoms with Gasteiger partial charge in [0.2, 0.25) is 0 Å². The highest BCUT2D eigenvalue weighted by atomic mass is 32.1. The van der Waals surface area contributed by atoms with Gasteiger partial charge in [0.25, 0.3) is 5.91 Å². The van der Waals surface area contributed by atoms with E-state index < -0.39 is 0 Å². The third-order valence-electron chi connectivity index (χ3n) is 3.28. The first-order valence-corrected chi connectivity index (χ1v) is 8.04. The van der Waals surface area contributed by atoms with Crippen LogP contribution in [0.3, 0.4) is 0 Å². The van der Waals surface area contributed by atoms with Crippen LogP contribution in [0, 0.1) is 11.8 Å². The first kappa shape index (κ1) is 15.7. The van der Waals surface area contributed by atoms with Crippen LogP contribution in [0.2, 0.25) is 0 Å². The van der Waals surface area contributed by atoms with E-state index in [4.69, 9.17) is 5.73 Å². The zero-order valence-corrected chi connectivity index (χ0v) is 13.7. The van der Waals surface area contributed by atoms with E-state index in [-0.39, 0.29) is 5.91 Å². The second kappa shape index (κ2) is 6.94. The molecule has 6 heteroatoms. The maximum absolute atomic E-state index is 12.4. The van der Waals surface area contributed by atoms with Gasteiger partial charge in [-0.3, -0.25) is 9.78 Å². The van der Waals surface area contributed by atoms with Crippen LogP contribution in [-0.4, -0.2) is 15.9 Å². The molecule has 0 spiro atoms. The van der Waals surface area contributed by atoms with Crippen molar-refractivity contribution in [3.8, 4) is 22.3 Å². The molecule has 2 heterocycles. The van der Waals surface area contributed by atoms with Crippen molar-refractivity contribution in [1.82, 2.24) is 9.97 Å². The number of aromatic nitrogens is 2. The van der Waals surface area contributed by atoms with Crippen molar-refractivity contribution in [2.24, 2.45) is 0 Å². The van der Waals surface area contributed by atoms with Crippen molar-refractivity contribution >= 4 is 28.6 Å². The number of carbonyl (C=O) groups is 1. The molecule has 1 aromatic carbocycles. The number of benzene rings is 1. The zero-order valence-electron chi connectivity index (χ0n) is 12.9. The van der Waals surface area contributed by atoms with Crippen molar-refractivity contribution in [3.05, 3.63) is 59.5 Å². The number of thiazole rings is 1. The quantitative estimate of drug-likeness (QED) is 0.568. The van der Waals surface area contributed by atoms with E-state index in [1.54, 1.807) is 43.0 Å². The van der Waals surface area contributed by atoms with Crippen molar-refractivity contribution in [3.63, 3.8) is 0 Å². The van der Waals surface area contributed by atoms with Gasteiger partial charge < -0.3 is 11.1 Å². The molecule has 118 valence electrons. The minimum absolute atomic E-state index is 0.305. The second-order valence-corrected chi connectivity index (χ2v) is 5.82. The van der Waals surface area contributed by atoms with Gasteiger partial charge in [0.1, 0.15) is 5.69 Å². The molecular weight excluding hydrogens is 320 g/mol. The Bertz CT molecular complexity index is 922. The molecule has 1 amide bonds. The first-order chi connectivity index (χ1) is 11.7. The fourth-order valence-corrected chi connectivity index (χ4v) is 2.73. The molecule has 0 bridgehead atoms. The van der Waals surface area contributed by atoms with E-state index in [0.29, 0.717) is 17.1 Å². The van der Waals surface area contributed by atoms with Crippen LogP contribution in [0.25, 0.3) is 10.4 Å². The lowest BCUT2D eigenvalue weighted by atomic mass is 10.1. The smallest absolute Gasteiger partial charge is 0.274 e. The summed E-state index contributed by atoms with van der Waals surface area (Å²) in [7, 11) is 0. The molecule has 24 heavy (non-hydrogen) atoms. The minimum atomic E-state index is -0.320. The number of nitrogens with two attached hydrogens (primary N) is 1. The second-order valence-electron chi connectivity index (χ2n) is 4.93. The number of pyridine rings is 1. The Hall–Kier alpha value is -3.17. The molecule has 0 saturated carbocycles. The summed E-state index contributed by atoms with van der Waals surface area (Å²) in [5, 5.41) is 2.80. The summed E-state index contributed by atoms with van der Waals surface area (Å²) in [5.41, 5.74) is 10.8. The van der Waals surface area contributed by atoms with Gasteiger partial charge in [-0.1, -0.05) is 12.0 Å². The molecule has 5 nitrogen and oxygen atoms in total. The maximum atomic E-state index is 12.4. The average Bonchev–Trinajstić information content (AvgIpc) is 3.12. The van der Waals surface area contributed by atoms with Gasteiger partial charge in [-0.15, -0.1) is 17.3 Å². The number of nitrogens with one attached hydrogen (secondary N) is 1. The van der Waals surface area contributed by atoms with Crippen LogP contribution in [0.1, 0.15) is 23.0 Å². The Labute approximate surface area is 143 Å². The van der Waals surface area contributed by atoms with Crippen LogP contribution in [0.4, 0.5) is 11.4 Å². The Kier molecular flexibility index (Phi) is 4.54. The minimum Gasteiger partial charge on any atom is -0.397 e. The molecule has 0 aliphatic rings. The molecule has 0 radical (unpaired) electrons. The third kappa shape index (κ3) is 3.42. The summed E-state index contributed by atoms with van der Waals surface area (Å²) < 4.78 is 0. The third-order valence-corrected chi connectivity index (χ3v) is 4.11. The van der Waals surface area contributed by atoms with Crippen LogP contribution in [0.5, 0.6) is 0 Å². The van der Waals surface area contributed by atoms with Crippen molar-refractivity contribution in [1.29, 1.82) is 0 Å². The van der Waals surface area contributed by atoms with Gasteiger partial charge in [-0.25, -0.2) is 4.98 Å². The van der Waals surface area contributed by atoms with Crippen LogP contribution in [-0.2, 0) is 0 Å². The number of nitrogens with zero attached hydrogens (tertiary/aromatic N) is 2. The van der Waals surface area contributed by atoms with E-state index >= 15 is 0 Å². The first-order valence-electron chi connectivity index (χ1n) is 7.16. The van der Waals surface area contributed by atoms with Gasteiger partial charge in [0.05, 0.1) is 21.8 Å². The molecule has 0 aliphatic heterocycles. The monoisotopic (exact) mass is 334 g/mol. The summed E-state index contributed by atoms with van der Waals surface area (Å²) >= 11 is 1.52. The fraction of sp³-hybridized carbons (Fsp3) is 0.0556. The van der Waals surface area contributed by atoms with Crippen LogP contribution < -0.4 is 11.1 Å². The molecule has 0 fully saturated rings.